The van der Waals surface area contributed by atoms with Crippen molar-refractivity contribution in [3.05, 3.63) is 53.6 Å². The molecule has 0 saturated carbocycles. The van der Waals surface area contributed by atoms with E-state index in [0.717, 1.165) is 19.3 Å². The predicted octanol–water partition coefficient (Wildman–Crippen LogP) is 3.69. The van der Waals surface area contributed by atoms with Crippen molar-refractivity contribution in [3.8, 4) is 11.5 Å². The summed E-state index contributed by atoms with van der Waals surface area (Å²) in [5.74, 6) is -1.02. The SMILES string of the molecule is CCCCc1ccc(NC(=O)c2c(O)cccc2O)cc1. The van der Waals surface area contributed by atoms with Crippen molar-refractivity contribution < 1.29 is 15.0 Å². The van der Waals surface area contributed by atoms with E-state index in [1.165, 1.54) is 23.8 Å². The summed E-state index contributed by atoms with van der Waals surface area (Å²) in [5, 5.41) is 22.0. The number of carbonyl (C=O) groups excluding carboxylic acids is 1. The molecule has 0 aromatic heterocycles. The molecule has 0 fully saturated rings. The van der Waals surface area contributed by atoms with Crippen molar-refractivity contribution in [3.63, 3.8) is 0 Å². The second-order valence-electron chi connectivity index (χ2n) is 4.93. The topological polar surface area (TPSA) is 69.6 Å². The number of aryl methyl sites for hydroxylation is 1. The fourth-order valence-electron chi connectivity index (χ4n) is 2.09. The van der Waals surface area contributed by atoms with Crippen LogP contribution in [0.25, 0.3) is 0 Å². The van der Waals surface area contributed by atoms with E-state index in [0.29, 0.717) is 5.69 Å². The van der Waals surface area contributed by atoms with Crippen LogP contribution in [0.2, 0.25) is 0 Å². The molecule has 0 aliphatic carbocycles. The Bertz CT molecular complexity index is 600. The normalized spacial score (nSPS) is 10.3. The van der Waals surface area contributed by atoms with Gasteiger partial charge in [-0.3, -0.25) is 4.79 Å². The summed E-state index contributed by atoms with van der Waals surface area (Å²) in [4.78, 5) is 12.1. The number of rotatable bonds is 5. The lowest BCUT2D eigenvalue weighted by Gasteiger charge is -2.09. The first-order chi connectivity index (χ1) is 10.1. The van der Waals surface area contributed by atoms with Crippen molar-refractivity contribution in [1.82, 2.24) is 0 Å². The van der Waals surface area contributed by atoms with Gasteiger partial charge in [0.25, 0.3) is 5.91 Å². The van der Waals surface area contributed by atoms with Crippen LogP contribution in [0.3, 0.4) is 0 Å². The van der Waals surface area contributed by atoms with Gasteiger partial charge >= 0.3 is 0 Å². The molecule has 0 aliphatic rings. The summed E-state index contributed by atoms with van der Waals surface area (Å²) < 4.78 is 0. The van der Waals surface area contributed by atoms with Crippen LogP contribution in [0.15, 0.2) is 42.5 Å². The maximum absolute atomic E-state index is 12.1. The number of phenols is 2. The minimum Gasteiger partial charge on any atom is -0.507 e. The fraction of sp³-hybridized carbons (Fsp3) is 0.235. The van der Waals surface area contributed by atoms with Crippen LogP contribution < -0.4 is 5.32 Å². The van der Waals surface area contributed by atoms with E-state index in [-0.39, 0.29) is 17.1 Å². The number of nitrogens with one attached hydrogen (secondary N) is 1. The van der Waals surface area contributed by atoms with Gasteiger partial charge in [-0.15, -0.1) is 0 Å². The Kier molecular flexibility index (Phi) is 4.82. The van der Waals surface area contributed by atoms with Gasteiger partial charge in [0.05, 0.1) is 0 Å². The maximum Gasteiger partial charge on any atom is 0.263 e. The predicted molar refractivity (Wildman–Crippen MR) is 82.8 cm³/mol. The summed E-state index contributed by atoms with van der Waals surface area (Å²) in [6.07, 6.45) is 3.30. The number of anilines is 1. The van der Waals surface area contributed by atoms with Gasteiger partial charge in [0.1, 0.15) is 17.1 Å². The second-order valence-corrected chi connectivity index (χ2v) is 4.93. The molecule has 0 atom stereocenters. The monoisotopic (exact) mass is 285 g/mol. The zero-order chi connectivity index (χ0) is 15.2. The molecule has 0 saturated heterocycles. The number of aromatic hydroxyl groups is 2. The molecule has 0 spiro atoms. The van der Waals surface area contributed by atoms with E-state index < -0.39 is 5.91 Å². The smallest absolute Gasteiger partial charge is 0.263 e. The first kappa shape index (κ1) is 14.9. The molecule has 110 valence electrons. The number of hydrogen-bond acceptors (Lipinski definition) is 3. The summed E-state index contributed by atoms with van der Waals surface area (Å²) in [6.45, 7) is 2.15. The van der Waals surface area contributed by atoms with Gasteiger partial charge in [-0.2, -0.15) is 0 Å². The Balaban J connectivity index is 2.09. The molecule has 2 aromatic rings. The highest BCUT2D eigenvalue weighted by Crippen LogP contribution is 2.27. The Hall–Kier alpha value is -2.49. The largest absolute Gasteiger partial charge is 0.507 e. The quantitative estimate of drug-likeness (QED) is 0.784. The molecule has 0 unspecified atom stereocenters. The zero-order valence-corrected chi connectivity index (χ0v) is 12.0. The molecule has 0 bridgehead atoms. The Morgan fingerprint density at radius 1 is 1.05 bits per heavy atom. The van der Waals surface area contributed by atoms with Crippen LogP contribution in [0.5, 0.6) is 11.5 Å². The minimum absolute atomic E-state index is 0.118. The molecule has 4 nitrogen and oxygen atoms in total. The third-order valence-electron chi connectivity index (χ3n) is 3.28. The lowest BCUT2D eigenvalue weighted by atomic mass is 10.1. The lowest BCUT2D eigenvalue weighted by Crippen LogP contribution is -2.12. The highest BCUT2D eigenvalue weighted by molar-refractivity contribution is 6.08. The number of hydrogen-bond donors (Lipinski definition) is 3. The molecular weight excluding hydrogens is 266 g/mol. The zero-order valence-electron chi connectivity index (χ0n) is 12.0. The Morgan fingerprint density at radius 2 is 1.67 bits per heavy atom. The van der Waals surface area contributed by atoms with Crippen molar-refractivity contribution in [2.45, 2.75) is 26.2 Å². The van der Waals surface area contributed by atoms with Crippen molar-refractivity contribution in [1.29, 1.82) is 0 Å². The average molecular weight is 285 g/mol. The standard InChI is InChI=1S/C17H19NO3/c1-2-3-5-12-8-10-13(11-9-12)18-17(21)16-14(19)6-4-7-15(16)20/h4,6-11,19-20H,2-3,5H2,1H3,(H,18,21). The van der Waals surface area contributed by atoms with Crippen LogP contribution >= 0.6 is 0 Å². The number of benzene rings is 2. The van der Waals surface area contributed by atoms with Crippen LogP contribution in [0.1, 0.15) is 35.7 Å². The summed E-state index contributed by atoms with van der Waals surface area (Å²) in [5.41, 5.74) is 1.73. The van der Waals surface area contributed by atoms with E-state index in [9.17, 15) is 15.0 Å². The maximum atomic E-state index is 12.1. The highest BCUT2D eigenvalue weighted by atomic mass is 16.3. The fourth-order valence-corrected chi connectivity index (χ4v) is 2.09. The molecule has 0 heterocycles. The number of amides is 1. The van der Waals surface area contributed by atoms with Crippen LogP contribution in [0, 0.1) is 0 Å². The van der Waals surface area contributed by atoms with Crippen molar-refractivity contribution in [2.75, 3.05) is 5.32 Å². The first-order valence-corrected chi connectivity index (χ1v) is 7.03. The van der Waals surface area contributed by atoms with Crippen LogP contribution in [-0.2, 0) is 6.42 Å². The van der Waals surface area contributed by atoms with Crippen LogP contribution in [-0.4, -0.2) is 16.1 Å². The van der Waals surface area contributed by atoms with E-state index >= 15 is 0 Å². The number of carbonyl (C=O) groups is 1. The van der Waals surface area contributed by atoms with Crippen molar-refractivity contribution in [2.24, 2.45) is 0 Å². The molecule has 21 heavy (non-hydrogen) atoms. The Morgan fingerprint density at radius 3 is 2.24 bits per heavy atom. The molecule has 2 rings (SSSR count). The summed E-state index contributed by atoms with van der Waals surface area (Å²) in [7, 11) is 0. The van der Waals surface area contributed by atoms with Gasteiger partial charge in [-0.25, -0.2) is 0 Å². The van der Waals surface area contributed by atoms with Gasteiger partial charge in [-0.1, -0.05) is 31.5 Å². The van der Waals surface area contributed by atoms with E-state index in [2.05, 4.69) is 12.2 Å². The van der Waals surface area contributed by atoms with E-state index in [4.69, 9.17) is 0 Å². The molecule has 1 amide bonds. The second kappa shape index (κ2) is 6.79. The van der Waals surface area contributed by atoms with Gasteiger partial charge < -0.3 is 15.5 Å². The van der Waals surface area contributed by atoms with Crippen LogP contribution in [0.4, 0.5) is 5.69 Å². The molecule has 0 aliphatic heterocycles. The first-order valence-electron chi connectivity index (χ1n) is 7.03. The van der Waals surface area contributed by atoms with Gasteiger partial charge in [-0.05, 0) is 42.7 Å². The van der Waals surface area contributed by atoms with E-state index in [1.54, 1.807) is 0 Å². The molecule has 0 radical (unpaired) electrons. The van der Waals surface area contributed by atoms with Crippen molar-refractivity contribution >= 4 is 11.6 Å². The summed E-state index contributed by atoms with van der Waals surface area (Å²) in [6, 6.07) is 11.8. The molecule has 3 N–H and O–H groups in total. The Labute approximate surface area is 124 Å². The average Bonchev–Trinajstić information content (AvgIpc) is 2.46. The number of unbranched alkanes of at least 4 members (excludes halogenated alkanes) is 1. The van der Waals surface area contributed by atoms with E-state index in [1.807, 2.05) is 24.3 Å². The molecule has 2 aromatic carbocycles. The minimum atomic E-state index is -0.535. The third kappa shape index (κ3) is 3.75. The molecule has 4 heteroatoms. The van der Waals surface area contributed by atoms with Gasteiger partial charge in [0.15, 0.2) is 0 Å². The van der Waals surface area contributed by atoms with Gasteiger partial charge in [0.2, 0.25) is 0 Å². The van der Waals surface area contributed by atoms with Gasteiger partial charge in [0, 0.05) is 5.69 Å². The third-order valence-corrected chi connectivity index (χ3v) is 3.28. The molecular formula is C17H19NO3. The number of phenolic OH excluding ortho intramolecular Hbond substituents is 2. The lowest BCUT2D eigenvalue weighted by molar-refractivity contribution is 0.102. The highest BCUT2D eigenvalue weighted by Gasteiger charge is 2.15. The summed E-state index contributed by atoms with van der Waals surface area (Å²) >= 11 is 0.